The molecule has 5 nitrogen and oxygen atoms in total. The molecule has 0 aliphatic carbocycles. The number of hydrogen-bond acceptors (Lipinski definition) is 5. The number of thioether (sulfide) groups is 1. The number of aromatic nitrogens is 1. The molecule has 3 rings (SSSR count). The first-order valence-corrected chi connectivity index (χ1v) is 8.56. The molecule has 2 aromatic carbocycles. The van der Waals surface area contributed by atoms with Gasteiger partial charge in [-0.1, -0.05) is 42.1 Å². The van der Waals surface area contributed by atoms with Crippen molar-refractivity contribution in [3.05, 3.63) is 54.1 Å². The molecule has 1 amide bonds. The highest BCUT2D eigenvalue weighted by atomic mass is 32.2. The van der Waals surface area contributed by atoms with E-state index in [9.17, 15) is 4.79 Å². The van der Waals surface area contributed by atoms with E-state index in [1.165, 1.54) is 11.8 Å². The lowest BCUT2D eigenvalue weighted by Gasteiger charge is -2.16. The van der Waals surface area contributed by atoms with Crippen LogP contribution in [0.5, 0.6) is 5.75 Å². The number of para-hydroxylation sites is 3. The molecule has 0 unspecified atom stereocenters. The molecule has 0 aliphatic rings. The van der Waals surface area contributed by atoms with E-state index in [-0.39, 0.29) is 17.7 Å². The Balaban J connectivity index is 1.59. The van der Waals surface area contributed by atoms with Gasteiger partial charge in [-0.15, -0.1) is 0 Å². The van der Waals surface area contributed by atoms with Gasteiger partial charge in [-0.3, -0.25) is 4.79 Å². The fourth-order valence-corrected chi connectivity index (χ4v) is 3.07. The van der Waals surface area contributed by atoms with Gasteiger partial charge in [0.1, 0.15) is 11.3 Å². The maximum absolute atomic E-state index is 12.2. The predicted octanol–water partition coefficient (Wildman–Crippen LogP) is 3.81. The highest BCUT2D eigenvalue weighted by Gasteiger charge is 2.15. The summed E-state index contributed by atoms with van der Waals surface area (Å²) < 4.78 is 10.9. The Bertz CT molecular complexity index is 814. The molecule has 0 aliphatic heterocycles. The molecule has 24 heavy (non-hydrogen) atoms. The third-order valence-electron chi connectivity index (χ3n) is 3.58. The fraction of sp³-hybridized carbons (Fsp3) is 0.222. The molecule has 0 saturated carbocycles. The molecule has 6 heteroatoms. The van der Waals surface area contributed by atoms with Crippen LogP contribution in [0.15, 0.2) is 58.2 Å². The number of oxazole rings is 1. The Morgan fingerprint density at radius 2 is 2.00 bits per heavy atom. The number of ether oxygens (including phenoxy) is 1. The molecule has 1 aromatic heterocycles. The van der Waals surface area contributed by atoms with Crippen molar-refractivity contribution >= 4 is 28.8 Å². The van der Waals surface area contributed by atoms with Crippen molar-refractivity contribution in [2.45, 2.75) is 18.2 Å². The van der Waals surface area contributed by atoms with E-state index < -0.39 is 0 Å². The summed E-state index contributed by atoms with van der Waals surface area (Å²) in [5.41, 5.74) is 2.46. The van der Waals surface area contributed by atoms with Gasteiger partial charge in [-0.25, -0.2) is 4.98 Å². The third-order valence-corrected chi connectivity index (χ3v) is 4.41. The van der Waals surface area contributed by atoms with Crippen LogP contribution in [0, 0.1) is 0 Å². The summed E-state index contributed by atoms with van der Waals surface area (Å²) in [6.07, 6.45) is 0. The quantitative estimate of drug-likeness (QED) is 0.690. The highest BCUT2D eigenvalue weighted by molar-refractivity contribution is 7.99. The van der Waals surface area contributed by atoms with Crippen molar-refractivity contribution in [2.24, 2.45) is 0 Å². The van der Waals surface area contributed by atoms with Gasteiger partial charge in [0, 0.05) is 5.56 Å². The van der Waals surface area contributed by atoms with Crippen LogP contribution in [0.4, 0.5) is 0 Å². The van der Waals surface area contributed by atoms with Crippen LogP contribution in [0.2, 0.25) is 0 Å². The molecule has 1 atom stereocenters. The summed E-state index contributed by atoms with van der Waals surface area (Å²) in [5, 5.41) is 3.46. The van der Waals surface area contributed by atoms with E-state index in [2.05, 4.69) is 10.3 Å². The molecule has 0 radical (unpaired) electrons. The van der Waals surface area contributed by atoms with Crippen molar-refractivity contribution in [1.82, 2.24) is 10.3 Å². The van der Waals surface area contributed by atoms with E-state index in [1.807, 2.05) is 55.5 Å². The second-order valence-corrected chi connectivity index (χ2v) is 6.19. The summed E-state index contributed by atoms with van der Waals surface area (Å²) in [5.74, 6) is 0.921. The minimum atomic E-state index is -0.141. The number of hydrogen-bond donors (Lipinski definition) is 1. The zero-order chi connectivity index (χ0) is 16.9. The third kappa shape index (κ3) is 3.71. The van der Waals surface area contributed by atoms with E-state index in [1.54, 1.807) is 7.11 Å². The summed E-state index contributed by atoms with van der Waals surface area (Å²) in [6.45, 7) is 1.93. The Kier molecular flexibility index (Phi) is 5.05. The molecule has 1 heterocycles. The van der Waals surface area contributed by atoms with E-state index in [0.717, 1.165) is 22.4 Å². The molecule has 0 spiro atoms. The normalized spacial score (nSPS) is 12.1. The largest absolute Gasteiger partial charge is 0.496 e. The smallest absolute Gasteiger partial charge is 0.257 e. The van der Waals surface area contributed by atoms with Crippen LogP contribution in [0.1, 0.15) is 18.5 Å². The number of benzene rings is 2. The van der Waals surface area contributed by atoms with Gasteiger partial charge in [-0.2, -0.15) is 0 Å². The van der Waals surface area contributed by atoms with Crippen LogP contribution in [0.3, 0.4) is 0 Å². The van der Waals surface area contributed by atoms with Crippen molar-refractivity contribution < 1.29 is 13.9 Å². The van der Waals surface area contributed by atoms with Gasteiger partial charge in [0.25, 0.3) is 5.22 Å². The molecular formula is C18H18N2O3S. The maximum Gasteiger partial charge on any atom is 0.257 e. The topological polar surface area (TPSA) is 64.4 Å². The monoisotopic (exact) mass is 342 g/mol. The van der Waals surface area contributed by atoms with E-state index in [4.69, 9.17) is 9.15 Å². The number of fused-ring (bicyclic) bond motifs is 1. The fourth-order valence-electron chi connectivity index (χ4n) is 2.43. The average Bonchev–Trinajstić information content (AvgIpc) is 3.03. The Morgan fingerprint density at radius 3 is 2.79 bits per heavy atom. The van der Waals surface area contributed by atoms with E-state index in [0.29, 0.717) is 5.22 Å². The van der Waals surface area contributed by atoms with Crippen LogP contribution < -0.4 is 10.1 Å². The van der Waals surface area contributed by atoms with Gasteiger partial charge < -0.3 is 14.5 Å². The number of methoxy groups -OCH3 is 1. The predicted molar refractivity (Wildman–Crippen MR) is 94.3 cm³/mol. The summed E-state index contributed by atoms with van der Waals surface area (Å²) in [6, 6.07) is 15.0. The highest BCUT2D eigenvalue weighted by Crippen LogP contribution is 2.25. The first-order chi connectivity index (χ1) is 11.7. The molecule has 124 valence electrons. The van der Waals surface area contributed by atoms with E-state index >= 15 is 0 Å². The zero-order valence-corrected chi connectivity index (χ0v) is 14.3. The number of carbonyl (C=O) groups excluding carboxylic acids is 1. The maximum atomic E-state index is 12.2. The summed E-state index contributed by atoms with van der Waals surface area (Å²) in [7, 11) is 1.62. The lowest BCUT2D eigenvalue weighted by Crippen LogP contribution is -2.28. The Labute approximate surface area is 144 Å². The van der Waals surface area contributed by atoms with Crippen LogP contribution >= 0.6 is 11.8 Å². The lowest BCUT2D eigenvalue weighted by atomic mass is 10.1. The minimum absolute atomic E-state index is 0.0827. The van der Waals surface area contributed by atoms with Gasteiger partial charge in [0.15, 0.2) is 5.58 Å². The van der Waals surface area contributed by atoms with Crippen LogP contribution in [-0.4, -0.2) is 23.8 Å². The molecular weight excluding hydrogens is 324 g/mol. The Hall–Kier alpha value is -2.47. The minimum Gasteiger partial charge on any atom is -0.496 e. The standard InChI is InChI=1S/C18H18N2O3S/c1-12(13-7-3-5-9-15(13)22-2)19-17(21)11-24-18-20-14-8-4-6-10-16(14)23-18/h3-10,12H,11H2,1-2H3,(H,19,21)/t12-/m1/s1. The van der Waals surface area contributed by atoms with Gasteiger partial charge in [0.05, 0.1) is 18.9 Å². The first kappa shape index (κ1) is 16.4. The zero-order valence-electron chi connectivity index (χ0n) is 13.5. The molecule has 0 fully saturated rings. The summed E-state index contributed by atoms with van der Waals surface area (Å²) in [4.78, 5) is 16.5. The number of amides is 1. The number of nitrogens with one attached hydrogen (secondary N) is 1. The van der Waals surface area contributed by atoms with Crippen LogP contribution in [-0.2, 0) is 4.79 Å². The Morgan fingerprint density at radius 1 is 1.25 bits per heavy atom. The summed E-state index contributed by atoms with van der Waals surface area (Å²) >= 11 is 1.28. The SMILES string of the molecule is COc1ccccc1[C@@H](C)NC(=O)CSc1nc2ccccc2o1. The van der Waals surface area contributed by atoms with Crippen molar-refractivity contribution in [3.8, 4) is 5.75 Å². The second-order valence-electron chi connectivity index (χ2n) is 5.27. The van der Waals surface area contributed by atoms with Gasteiger partial charge in [0.2, 0.25) is 5.91 Å². The number of nitrogens with zero attached hydrogens (tertiary/aromatic N) is 1. The van der Waals surface area contributed by atoms with Crippen LogP contribution in [0.25, 0.3) is 11.1 Å². The first-order valence-electron chi connectivity index (χ1n) is 7.58. The van der Waals surface area contributed by atoms with Gasteiger partial charge in [-0.05, 0) is 25.1 Å². The van der Waals surface area contributed by atoms with Crippen molar-refractivity contribution in [1.29, 1.82) is 0 Å². The lowest BCUT2D eigenvalue weighted by molar-refractivity contribution is -0.119. The number of rotatable bonds is 6. The van der Waals surface area contributed by atoms with Crippen molar-refractivity contribution in [2.75, 3.05) is 12.9 Å². The van der Waals surface area contributed by atoms with Crippen molar-refractivity contribution in [3.63, 3.8) is 0 Å². The molecule has 0 bridgehead atoms. The van der Waals surface area contributed by atoms with Gasteiger partial charge >= 0.3 is 0 Å². The average molecular weight is 342 g/mol. The number of carbonyl (C=O) groups is 1. The molecule has 1 N–H and O–H groups in total. The second kappa shape index (κ2) is 7.40. The molecule has 3 aromatic rings. The molecule has 0 saturated heterocycles.